The van der Waals surface area contributed by atoms with Gasteiger partial charge in [0.25, 0.3) is 0 Å². The van der Waals surface area contributed by atoms with Crippen LogP contribution in [0.3, 0.4) is 0 Å². The third-order valence-corrected chi connectivity index (χ3v) is 4.98. The van der Waals surface area contributed by atoms with Gasteiger partial charge in [-0.2, -0.15) is 5.26 Å². The number of carbonyl (C=O) groups excluding carboxylic acids is 1. The number of nitrogens with one attached hydrogen (secondary N) is 3. The highest BCUT2D eigenvalue weighted by Crippen LogP contribution is 2.35. The summed E-state index contributed by atoms with van der Waals surface area (Å²) in [5.74, 6) is 0.904. The summed E-state index contributed by atoms with van der Waals surface area (Å²) in [5, 5.41) is 11.7. The number of nitriles is 1. The molecule has 1 heterocycles. The molecule has 25 heavy (non-hydrogen) atoms. The van der Waals surface area contributed by atoms with Crippen LogP contribution in [0.1, 0.15) is 37.7 Å². The lowest BCUT2D eigenvalue weighted by Gasteiger charge is -2.20. The Labute approximate surface area is 149 Å². The SMILES string of the molecule is CN(CCCC(=O)Nc1ccc(C#N)cc1)CC1CC(C2CC2)NN1. The number of amides is 1. The molecule has 134 valence electrons. The van der Waals surface area contributed by atoms with Crippen molar-refractivity contribution in [2.24, 2.45) is 5.92 Å². The molecule has 3 N–H and O–H groups in total. The molecule has 0 aromatic heterocycles. The minimum Gasteiger partial charge on any atom is -0.326 e. The summed E-state index contributed by atoms with van der Waals surface area (Å²) < 4.78 is 0. The Kier molecular flexibility index (Phi) is 6.03. The number of anilines is 1. The number of hydrazine groups is 1. The molecule has 2 atom stereocenters. The van der Waals surface area contributed by atoms with E-state index in [0.29, 0.717) is 24.1 Å². The average Bonchev–Trinajstić information content (AvgIpc) is 3.35. The molecule has 1 amide bonds. The molecular weight excluding hydrogens is 314 g/mol. The molecule has 6 nitrogen and oxygen atoms in total. The Morgan fingerprint density at radius 1 is 1.32 bits per heavy atom. The van der Waals surface area contributed by atoms with Crippen LogP contribution < -0.4 is 16.2 Å². The van der Waals surface area contributed by atoms with Gasteiger partial charge in [-0.3, -0.25) is 15.6 Å². The fraction of sp³-hybridized carbons (Fsp3) is 0.579. The molecule has 2 aliphatic rings. The Hall–Kier alpha value is -1.94. The molecule has 6 heteroatoms. The van der Waals surface area contributed by atoms with E-state index in [9.17, 15) is 4.79 Å². The molecule has 2 unspecified atom stereocenters. The van der Waals surface area contributed by atoms with Crippen molar-refractivity contribution in [3.63, 3.8) is 0 Å². The van der Waals surface area contributed by atoms with E-state index < -0.39 is 0 Å². The van der Waals surface area contributed by atoms with Crippen LogP contribution in [0.4, 0.5) is 5.69 Å². The van der Waals surface area contributed by atoms with Crippen LogP contribution in [0, 0.1) is 17.2 Å². The van der Waals surface area contributed by atoms with E-state index in [1.54, 1.807) is 24.3 Å². The maximum Gasteiger partial charge on any atom is 0.224 e. The van der Waals surface area contributed by atoms with Gasteiger partial charge < -0.3 is 10.2 Å². The Morgan fingerprint density at radius 3 is 2.76 bits per heavy atom. The normalized spacial score (nSPS) is 22.8. The van der Waals surface area contributed by atoms with Crippen molar-refractivity contribution in [1.29, 1.82) is 5.26 Å². The zero-order valence-corrected chi connectivity index (χ0v) is 14.8. The first-order valence-corrected chi connectivity index (χ1v) is 9.13. The third-order valence-electron chi connectivity index (χ3n) is 4.98. The number of hydrogen-bond acceptors (Lipinski definition) is 5. The van der Waals surface area contributed by atoms with Gasteiger partial charge in [0.1, 0.15) is 0 Å². The van der Waals surface area contributed by atoms with Crippen LogP contribution in [0.25, 0.3) is 0 Å². The lowest BCUT2D eigenvalue weighted by Crippen LogP contribution is -2.40. The van der Waals surface area contributed by atoms with E-state index in [2.05, 4.69) is 34.2 Å². The quantitative estimate of drug-likeness (QED) is 0.672. The minimum atomic E-state index is 0.0209. The third kappa shape index (κ3) is 5.53. The molecule has 1 aromatic carbocycles. The average molecular weight is 341 g/mol. The van der Waals surface area contributed by atoms with Crippen molar-refractivity contribution < 1.29 is 4.79 Å². The molecule has 1 aromatic rings. The van der Waals surface area contributed by atoms with Gasteiger partial charge in [0.2, 0.25) is 5.91 Å². The van der Waals surface area contributed by atoms with E-state index in [-0.39, 0.29) is 5.91 Å². The van der Waals surface area contributed by atoms with Crippen molar-refractivity contribution in [1.82, 2.24) is 15.8 Å². The summed E-state index contributed by atoms with van der Waals surface area (Å²) >= 11 is 0. The Bertz CT molecular complexity index is 620. The highest BCUT2D eigenvalue weighted by Gasteiger charge is 2.36. The highest BCUT2D eigenvalue weighted by molar-refractivity contribution is 5.90. The molecule has 0 radical (unpaired) electrons. The number of rotatable bonds is 8. The van der Waals surface area contributed by atoms with Crippen molar-refractivity contribution in [3.05, 3.63) is 29.8 Å². The van der Waals surface area contributed by atoms with Crippen LogP contribution in [0.15, 0.2) is 24.3 Å². The number of benzene rings is 1. The molecule has 1 aliphatic carbocycles. The van der Waals surface area contributed by atoms with E-state index in [1.165, 1.54) is 19.3 Å². The van der Waals surface area contributed by atoms with Crippen LogP contribution >= 0.6 is 0 Å². The number of nitrogens with zero attached hydrogens (tertiary/aromatic N) is 2. The highest BCUT2D eigenvalue weighted by atomic mass is 16.1. The van der Waals surface area contributed by atoms with Crippen molar-refractivity contribution in [3.8, 4) is 6.07 Å². The summed E-state index contributed by atoms with van der Waals surface area (Å²) in [6.07, 6.45) is 5.29. The van der Waals surface area contributed by atoms with E-state index in [1.807, 2.05) is 0 Å². The number of likely N-dealkylation sites (N-methyl/N-ethyl adjacent to an activating group) is 1. The molecule has 3 rings (SSSR count). The maximum absolute atomic E-state index is 12.0. The van der Waals surface area contributed by atoms with Gasteiger partial charge in [-0.05, 0) is 69.5 Å². The topological polar surface area (TPSA) is 80.2 Å². The van der Waals surface area contributed by atoms with Crippen LogP contribution in [-0.4, -0.2) is 43.0 Å². The molecule has 0 bridgehead atoms. The predicted octanol–water partition coefficient (Wildman–Crippen LogP) is 1.85. The van der Waals surface area contributed by atoms with Gasteiger partial charge in [0.15, 0.2) is 0 Å². The van der Waals surface area contributed by atoms with Crippen molar-refractivity contribution >= 4 is 11.6 Å². The fourth-order valence-electron chi connectivity index (χ4n) is 3.41. The van der Waals surface area contributed by atoms with Crippen LogP contribution in [0.5, 0.6) is 0 Å². The van der Waals surface area contributed by atoms with E-state index in [0.717, 1.165) is 31.1 Å². The zero-order chi connectivity index (χ0) is 17.6. The van der Waals surface area contributed by atoms with Gasteiger partial charge in [-0.15, -0.1) is 0 Å². The van der Waals surface area contributed by atoms with Gasteiger partial charge in [0, 0.05) is 30.7 Å². The van der Waals surface area contributed by atoms with Gasteiger partial charge in [-0.1, -0.05) is 0 Å². The molecule has 0 spiro atoms. The van der Waals surface area contributed by atoms with Crippen molar-refractivity contribution in [2.45, 2.75) is 44.2 Å². The largest absolute Gasteiger partial charge is 0.326 e. The first-order chi connectivity index (χ1) is 12.1. The standard InChI is InChI=1S/C19H27N5O/c1-24(13-17-11-18(23-22-17)15-6-7-15)10-2-3-19(25)21-16-8-4-14(12-20)5-9-16/h4-5,8-9,15,17-18,22-23H,2-3,6-7,10-11,13H2,1H3,(H,21,25). The summed E-state index contributed by atoms with van der Waals surface area (Å²) in [6, 6.07) is 10.2. The second-order valence-corrected chi connectivity index (χ2v) is 7.27. The van der Waals surface area contributed by atoms with E-state index >= 15 is 0 Å². The Morgan fingerprint density at radius 2 is 2.08 bits per heavy atom. The van der Waals surface area contributed by atoms with Crippen LogP contribution in [0.2, 0.25) is 0 Å². The monoisotopic (exact) mass is 341 g/mol. The second-order valence-electron chi connectivity index (χ2n) is 7.27. The summed E-state index contributed by atoms with van der Waals surface area (Å²) in [7, 11) is 2.12. The molecular formula is C19H27N5O. The van der Waals surface area contributed by atoms with Gasteiger partial charge >= 0.3 is 0 Å². The second kappa shape index (κ2) is 8.43. The zero-order valence-electron chi connectivity index (χ0n) is 14.8. The smallest absolute Gasteiger partial charge is 0.224 e. The van der Waals surface area contributed by atoms with Crippen molar-refractivity contribution in [2.75, 3.05) is 25.5 Å². The molecule has 1 saturated carbocycles. The summed E-state index contributed by atoms with van der Waals surface area (Å²) in [4.78, 5) is 14.3. The fourth-order valence-corrected chi connectivity index (χ4v) is 3.41. The predicted molar refractivity (Wildman–Crippen MR) is 97.7 cm³/mol. The van der Waals surface area contributed by atoms with E-state index in [4.69, 9.17) is 5.26 Å². The summed E-state index contributed by atoms with van der Waals surface area (Å²) in [6.45, 7) is 1.92. The molecule has 1 aliphatic heterocycles. The Balaban J connectivity index is 1.30. The first kappa shape index (κ1) is 17.9. The van der Waals surface area contributed by atoms with Crippen LogP contribution in [-0.2, 0) is 4.79 Å². The first-order valence-electron chi connectivity index (χ1n) is 9.13. The lowest BCUT2D eigenvalue weighted by atomic mass is 10.1. The summed E-state index contributed by atoms with van der Waals surface area (Å²) in [5.41, 5.74) is 8.17. The van der Waals surface area contributed by atoms with Gasteiger partial charge in [0.05, 0.1) is 11.6 Å². The number of hydrogen-bond donors (Lipinski definition) is 3. The molecule has 1 saturated heterocycles. The lowest BCUT2D eigenvalue weighted by molar-refractivity contribution is -0.116. The minimum absolute atomic E-state index is 0.0209. The number of carbonyl (C=O) groups is 1. The molecule has 2 fully saturated rings. The van der Waals surface area contributed by atoms with Gasteiger partial charge in [-0.25, -0.2) is 0 Å². The maximum atomic E-state index is 12.0.